The number of piperidine rings is 1. The number of rotatable bonds is 3. The molecule has 0 spiro atoms. The summed E-state index contributed by atoms with van der Waals surface area (Å²) < 4.78 is 5.11. The highest BCUT2D eigenvalue weighted by molar-refractivity contribution is 5.94. The summed E-state index contributed by atoms with van der Waals surface area (Å²) in [7, 11) is 3.47. The summed E-state index contributed by atoms with van der Waals surface area (Å²) in [5.74, 6) is 1.09. The first-order valence-corrected chi connectivity index (χ1v) is 6.34. The Hall–Kier alpha value is -1.55. The standard InChI is InChI=1S/C14H20N2O2/c1-16(12-5-7-13(18-2)8-6-12)14(17)11-4-3-9-15-10-11/h5-8,11,15H,3-4,9-10H2,1-2H3/t11-/m1/s1. The van der Waals surface area contributed by atoms with E-state index in [2.05, 4.69) is 5.32 Å². The summed E-state index contributed by atoms with van der Waals surface area (Å²) in [6, 6.07) is 7.57. The number of methoxy groups -OCH3 is 1. The van der Waals surface area contributed by atoms with E-state index in [4.69, 9.17) is 4.74 Å². The predicted octanol–water partition coefficient (Wildman–Crippen LogP) is 1.66. The summed E-state index contributed by atoms with van der Waals surface area (Å²) in [5.41, 5.74) is 0.909. The SMILES string of the molecule is COc1ccc(N(C)C(=O)[C@@H]2CCCNC2)cc1. The highest BCUT2D eigenvalue weighted by Gasteiger charge is 2.24. The summed E-state index contributed by atoms with van der Waals surface area (Å²) in [4.78, 5) is 14.0. The Morgan fingerprint density at radius 1 is 1.39 bits per heavy atom. The molecule has 0 aliphatic carbocycles. The summed E-state index contributed by atoms with van der Waals surface area (Å²) >= 11 is 0. The van der Waals surface area contributed by atoms with Crippen LogP contribution in [0.4, 0.5) is 5.69 Å². The van der Waals surface area contributed by atoms with Gasteiger partial charge in [-0.1, -0.05) is 0 Å². The zero-order valence-electron chi connectivity index (χ0n) is 11.0. The first kappa shape index (κ1) is 12.9. The molecule has 1 fully saturated rings. The van der Waals surface area contributed by atoms with E-state index in [0.717, 1.165) is 37.4 Å². The summed E-state index contributed by atoms with van der Waals surface area (Å²) in [6.45, 7) is 1.81. The molecule has 0 saturated carbocycles. The van der Waals surface area contributed by atoms with E-state index >= 15 is 0 Å². The van der Waals surface area contributed by atoms with Crippen molar-refractivity contribution < 1.29 is 9.53 Å². The first-order chi connectivity index (χ1) is 8.72. The molecule has 4 nitrogen and oxygen atoms in total. The van der Waals surface area contributed by atoms with Crippen LogP contribution in [0.15, 0.2) is 24.3 Å². The molecular weight excluding hydrogens is 228 g/mol. The second-order valence-corrected chi connectivity index (χ2v) is 4.64. The number of nitrogens with one attached hydrogen (secondary N) is 1. The van der Waals surface area contributed by atoms with E-state index in [0.29, 0.717) is 0 Å². The normalized spacial score (nSPS) is 19.3. The lowest BCUT2D eigenvalue weighted by atomic mass is 9.98. The van der Waals surface area contributed by atoms with E-state index in [1.807, 2.05) is 31.3 Å². The molecular formula is C14H20N2O2. The number of amides is 1. The number of benzene rings is 1. The van der Waals surface area contributed by atoms with Crippen molar-refractivity contribution in [3.05, 3.63) is 24.3 Å². The van der Waals surface area contributed by atoms with Crippen LogP contribution in [-0.4, -0.2) is 33.2 Å². The van der Waals surface area contributed by atoms with E-state index in [1.54, 1.807) is 12.0 Å². The minimum atomic E-state index is 0.103. The van der Waals surface area contributed by atoms with Crippen molar-refractivity contribution in [3.8, 4) is 5.75 Å². The predicted molar refractivity (Wildman–Crippen MR) is 72.0 cm³/mol. The average Bonchev–Trinajstić information content (AvgIpc) is 2.47. The molecule has 1 N–H and O–H groups in total. The third kappa shape index (κ3) is 2.82. The molecule has 1 aliphatic heterocycles. The minimum Gasteiger partial charge on any atom is -0.497 e. The van der Waals surface area contributed by atoms with Gasteiger partial charge in [0.15, 0.2) is 0 Å². The zero-order chi connectivity index (χ0) is 13.0. The van der Waals surface area contributed by atoms with Gasteiger partial charge in [0.25, 0.3) is 0 Å². The molecule has 0 aromatic heterocycles. The highest BCUT2D eigenvalue weighted by atomic mass is 16.5. The third-order valence-electron chi connectivity index (χ3n) is 3.44. The third-order valence-corrected chi connectivity index (χ3v) is 3.44. The first-order valence-electron chi connectivity index (χ1n) is 6.34. The Labute approximate surface area is 108 Å². The van der Waals surface area contributed by atoms with Gasteiger partial charge in [-0.2, -0.15) is 0 Å². The quantitative estimate of drug-likeness (QED) is 0.884. The molecule has 98 valence electrons. The monoisotopic (exact) mass is 248 g/mol. The van der Waals surface area contributed by atoms with Crippen LogP contribution in [0.25, 0.3) is 0 Å². The van der Waals surface area contributed by atoms with Crippen LogP contribution in [0.3, 0.4) is 0 Å². The Morgan fingerprint density at radius 3 is 2.67 bits per heavy atom. The van der Waals surface area contributed by atoms with Crippen molar-refractivity contribution in [3.63, 3.8) is 0 Å². The van der Waals surface area contributed by atoms with Crippen LogP contribution in [0, 0.1) is 5.92 Å². The fraction of sp³-hybridized carbons (Fsp3) is 0.500. The number of anilines is 1. The molecule has 18 heavy (non-hydrogen) atoms. The molecule has 1 atom stereocenters. The van der Waals surface area contributed by atoms with Crippen molar-refractivity contribution in [1.82, 2.24) is 5.32 Å². The van der Waals surface area contributed by atoms with Gasteiger partial charge in [0.2, 0.25) is 5.91 Å². The lowest BCUT2D eigenvalue weighted by molar-refractivity contribution is -0.122. The van der Waals surface area contributed by atoms with Crippen LogP contribution in [-0.2, 0) is 4.79 Å². The van der Waals surface area contributed by atoms with Gasteiger partial charge in [-0.15, -0.1) is 0 Å². The molecule has 1 amide bonds. The van der Waals surface area contributed by atoms with Gasteiger partial charge in [0, 0.05) is 19.3 Å². The smallest absolute Gasteiger partial charge is 0.231 e. The van der Waals surface area contributed by atoms with Gasteiger partial charge < -0.3 is 15.0 Å². The summed E-state index contributed by atoms with van der Waals surface area (Å²) in [5, 5.41) is 3.27. The van der Waals surface area contributed by atoms with Gasteiger partial charge in [-0.25, -0.2) is 0 Å². The Balaban J connectivity index is 2.04. The Kier molecular flexibility index (Phi) is 4.20. The maximum atomic E-state index is 12.3. The number of hydrogen-bond donors (Lipinski definition) is 1. The van der Waals surface area contributed by atoms with E-state index in [9.17, 15) is 4.79 Å². The Morgan fingerprint density at radius 2 is 2.11 bits per heavy atom. The number of hydrogen-bond acceptors (Lipinski definition) is 3. The van der Waals surface area contributed by atoms with Crippen LogP contribution in [0.5, 0.6) is 5.75 Å². The topological polar surface area (TPSA) is 41.6 Å². The summed E-state index contributed by atoms with van der Waals surface area (Å²) in [6.07, 6.45) is 2.05. The molecule has 1 aliphatic rings. The maximum absolute atomic E-state index is 12.3. The van der Waals surface area contributed by atoms with Gasteiger partial charge >= 0.3 is 0 Å². The van der Waals surface area contributed by atoms with Crippen molar-refractivity contribution in [1.29, 1.82) is 0 Å². The number of ether oxygens (including phenoxy) is 1. The number of carbonyl (C=O) groups is 1. The Bertz CT molecular complexity index is 397. The van der Waals surface area contributed by atoms with Gasteiger partial charge in [0.05, 0.1) is 13.0 Å². The number of nitrogens with zero attached hydrogens (tertiary/aromatic N) is 1. The minimum absolute atomic E-state index is 0.103. The average molecular weight is 248 g/mol. The highest BCUT2D eigenvalue weighted by Crippen LogP contribution is 2.21. The maximum Gasteiger partial charge on any atom is 0.231 e. The fourth-order valence-corrected chi connectivity index (χ4v) is 2.27. The van der Waals surface area contributed by atoms with Crippen LogP contribution >= 0.6 is 0 Å². The van der Waals surface area contributed by atoms with Gasteiger partial charge in [0.1, 0.15) is 5.75 Å². The van der Waals surface area contributed by atoms with Crippen LogP contribution < -0.4 is 15.0 Å². The molecule has 1 heterocycles. The lowest BCUT2D eigenvalue weighted by Gasteiger charge is -2.27. The zero-order valence-corrected chi connectivity index (χ0v) is 11.0. The fourth-order valence-electron chi connectivity index (χ4n) is 2.27. The lowest BCUT2D eigenvalue weighted by Crippen LogP contribution is -2.41. The van der Waals surface area contributed by atoms with E-state index < -0.39 is 0 Å². The number of carbonyl (C=O) groups excluding carboxylic acids is 1. The molecule has 2 rings (SSSR count). The molecule has 4 heteroatoms. The van der Waals surface area contributed by atoms with Crippen molar-refractivity contribution in [2.45, 2.75) is 12.8 Å². The molecule has 1 aromatic carbocycles. The molecule has 0 radical (unpaired) electrons. The molecule has 1 saturated heterocycles. The molecule has 0 bridgehead atoms. The largest absolute Gasteiger partial charge is 0.497 e. The van der Waals surface area contributed by atoms with Gasteiger partial charge in [-0.3, -0.25) is 4.79 Å². The molecule has 0 unspecified atom stereocenters. The van der Waals surface area contributed by atoms with E-state index in [1.165, 1.54) is 0 Å². The van der Waals surface area contributed by atoms with Crippen molar-refractivity contribution >= 4 is 11.6 Å². The van der Waals surface area contributed by atoms with E-state index in [-0.39, 0.29) is 11.8 Å². The van der Waals surface area contributed by atoms with Crippen molar-refractivity contribution in [2.24, 2.45) is 5.92 Å². The second kappa shape index (κ2) is 5.87. The van der Waals surface area contributed by atoms with Gasteiger partial charge in [-0.05, 0) is 43.7 Å². The molecule has 1 aromatic rings. The van der Waals surface area contributed by atoms with Crippen LogP contribution in [0.2, 0.25) is 0 Å². The van der Waals surface area contributed by atoms with Crippen molar-refractivity contribution in [2.75, 3.05) is 32.1 Å². The second-order valence-electron chi connectivity index (χ2n) is 4.64. The van der Waals surface area contributed by atoms with Crippen LogP contribution in [0.1, 0.15) is 12.8 Å².